The fraction of sp³-hybridized carbons (Fsp3) is 0.692. The van der Waals surface area contributed by atoms with Crippen LogP contribution in [-0.4, -0.2) is 39.6 Å². The van der Waals surface area contributed by atoms with Gasteiger partial charge >= 0.3 is 0 Å². The summed E-state index contributed by atoms with van der Waals surface area (Å²) in [5, 5.41) is 2.24. The maximum Gasteiger partial charge on any atom is 0.169 e. The Hall–Kier alpha value is -3.28. The van der Waals surface area contributed by atoms with Crippen LogP contribution in [0.5, 0.6) is 34.5 Å². The van der Waals surface area contributed by atoms with Crippen molar-refractivity contribution >= 4 is 10.8 Å². The Kier molecular flexibility index (Phi) is 23.1. The second-order valence-electron chi connectivity index (χ2n) is 16.6. The van der Waals surface area contributed by atoms with Crippen molar-refractivity contribution in [3.05, 3.63) is 24.3 Å². The predicted molar refractivity (Wildman–Crippen MR) is 246 cm³/mol. The second kappa shape index (κ2) is 28.2. The minimum Gasteiger partial charge on any atom is -0.490 e. The number of fused-ring (bicyclic) bond motifs is 3. The van der Waals surface area contributed by atoms with E-state index in [1.165, 1.54) is 77.0 Å². The lowest BCUT2D eigenvalue weighted by Crippen LogP contribution is -2.05. The first-order valence-corrected chi connectivity index (χ1v) is 24.3. The van der Waals surface area contributed by atoms with E-state index in [4.69, 9.17) is 28.4 Å². The van der Waals surface area contributed by atoms with E-state index in [0.717, 1.165) is 145 Å². The number of ether oxygens (including phenoxy) is 6. The lowest BCUT2D eigenvalue weighted by molar-refractivity contribution is 0.258. The Morgan fingerprint density at radius 1 is 0.293 bits per heavy atom. The molecule has 0 atom stereocenters. The third-order valence-corrected chi connectivity index (χ3v) is 11.4. The molecule has 0 radical (unpaired) electrons. The van der Waals surface area contributed by atoms with Gasteiger partial charge in [-0.3, -0.25) is 0 Å². The summed E-state index contributed by atoms with van der Waals surface area (Å²) in [4.78, 5) is 0. The number of hydrogen-bond donors (Lipinski definition) is 0. The molecule has 326 valence electrons. The maximum atomic E-state index is 6.91. The first-order valence-electron chi connectivity index (χ1n) is 24.3. The monoisotopic (exact) mass is 803 g/mol. The topological polar surface area (TPSA) is 55.4 Å². The average molecular weight is 803 g/mol. The molecule has 0 aliphatic heterocycles. The molecule has 0 heterocycles. The Bertz CT molecular complexity index is 1470. The van der Waals surface area contributed by atoms with Gasteiger partial charge in [0.1, 0.15) is 0 Å². The normalized spacial score (nSPS) is 11.6. The van der Waals surface area contributed by atoms with Gasteiger partial charge < -0.3 is 28.4 Å². The molecule has 0 amide bonds. The highest BCUT2D eigenvalue weighted by Gasteiger charge is 2.34. The smallest absolute Gasteiger partial charge is 0.169 e. The van der Waals surface area contributed by atoms with Crippen molar-refractivity contribution in [3.8, 4) is 56.8 Å². The van der Waals surface area contributed by atoms with Gasteiger partial charge in [-0.15, -0.1) is 0 Å². The van der Waals surface area contributed by atoms with Crippen molar-refractivity contribution in [1.82, 2.24) is 0 Å². The number of benzene rings is 3. The first kappa shape index (κ1) is 47.4. The summed E-state index contributed by atoms with van der Waals surface area (Å²) in [5.41, 5.74) is 4.35. The molecule has 6 nitrogen and oxygen atoms in total. The highest BCUT2D eigenvalue weighted by molar-refractivity contribution is 6.20. The van der Waals surface area contributed by atoms with Gasteiger partial charge in [0, 0.05) is 16.5 Å². The molecule has 0 saturated heterocycles. The lowest BCUT2D eigenvalue weighted by atomic mass is 10.00. The van der Waals surface area contributed by atoms with E-state index >= 15 is 0 Å². The molecule has 6 heteroatoms. The zero-order valence-electron chi connectivity index (χ0n) is 38.0. The van der Waals surface area contributed by atoms with Crippen LogP contribution in [0, 0.1) is 0 Å². The Balaban J connectivity index is 1.92. The summed E-state index contributed by atoms with van der Waals surface area (Å²) in [5.74, 6) is 4.91. The van der Waals surface area contributed by atoms with E-state index in [0.29, 0.717) is 39.6 Å². The molecule has 1 aliphatic carbocycles. The largest absolute Gasteiger partial charge is 0.490 e. The van der Waals surface area contributed by atoms with Crippen LogP contribution >= 0.6 is 0 Å². The van der Waals surface area contributed by atoms with Crippen LogP contribution < -0.4 is 28.4 Å². The van der Waals surface area contributed by atoms with Crippen molar-refractivity contribution in [3.63, 3.8) is 0 Å². The molecule has 0 fully saturated rings. The summed E-state index contributed by atoms with van der Waals surface area (Å²) in [6.45, 7) is 17.5. The molecular weight excluding hydrogens is 721 g/mol. The summed E-state index contributed by atoms with van der Waals surface area (Å²) >= 11 is 0. The van der Waals surface area contributed by atoms with Crippen LogP contribution in [0.3, 0.4) is 0 Å². The second-order valence-corrected chi connectivity index (χ2v) is 16.6. The molecule has 0 N–H and O–H groups in total. The van der Waals surface area contributed by atoms with Gasteiger partial charge in [0.15, 0.2) is 34.5 Å². The molecule has 0 aromatic heterocycles. The molecule has 3 aromatic rings. The Morgan fingerprint density at radius 2 is 0.569 bits per heavy atom. The standard InChI is InChI=1S/C52H82O6/c1-7-13-19-25-31-53-44-39-42-43(40-45(44)54-32-26-20-14-8-2)50-48-41(38-47(56-34-28-22-16-10-4)52(50)58-36-30-24-18-12-6)37-46(55-33-27-21-15-9-3)51(49(42)48)57-35-29-23-17-11-5/h37-40H,7-36H2,1-6H3. The van der Waals surface area contributed by atoms with E-state index in [9.17, 15) is 0 Å². The molecule has 0 saturated carbocycles. The van der Waals surface area contributed by atoms with Crippen LogP contribution in [0.2, 0.25) is 0 Å². The summed E-state index contributed by atoms with van der Waals surface area (Å²) in [6, 6.07) is 8.88. The summed E-state index contributed by atoms with van der Waals surface area (Å²) in [6.07, 6.45) is 27.5. The highest BCUT2D eigenvalue weighted by Crippen LogP contribution is 2.61. The molecule has 58 heavy (non-hydrogen) atoms. The molecule has 3 aromatic carbocycles. The third-order valence-electron chi connectivity index (χ3n) is 11.4. The van der Waals surface area contributed by atoms with Gasteiger partial charge in [0.05, 0.1) is 39.6 Å². The minimum atomic E-state index is 0.648. The van der Waals surface area contributed by atoms with Gasteiger partial charge in [0.25, 0.3) is 0 Å². The van der Waals surface area contributed by atoms with E-state index in [1.54, 1.807) is 0 Å². The average Bonchev–Trinajstić information content (AvgIpc) is 3.56. The van der Waals surface area contributed by atoms with Crippen LogP contribution in [0.25, 0.3) is 33.0 Å². The van der Waals surface area contributed by atoms with Crippen molar-refractivity contribution in [1.29, 1.82) is 0 Å². The Morgan fingerprint density at radius 3 is 0.862 bits per heavy atom. The van der Waals surface area contributed by atoms with Crippen molar-refractivity contribution in [2.24, 2.45) is 0 Å². The first-order chi connectivity index (χ1) is 28.6. The van der Waals surface area contributed by atoms with E-state index < -0.39 is 0 Å². The van der Waals surface area contributed by atoms with Crippen LogP contribution in [0.4, 0.5) is 0 Å². The van der Waals surface area contributed by atoms with Crippen molar-refractivity contribution < 1.29 is 28.4 Å². The SMILES string of the molecule is CCCCCCOc1cc2c(cc1OCCCCCC)-c1c(OCCCCCC)c(OCCCCCC)cc3cc(OCCCCCC)c(OCCCCCC)c-2c13. The van der Waals surface area contributed by atoms with Crippen molar-refractivity contribution in [2.75, 3.05) is 39.6 Å². The van der Waals surface area contributed by atoms with Gasteiger partial charge in [0.2, 0.25) is 0 Å². The summed E-state index contributed by atoms with van der Waals surface area (Å²) in [7, 11) is 0. The number of unbranched alkanes of at least 4 members (excludes halogenated alkanes) is 18. The summed E-state index contributed by atoms with van der Waals surface area (Å²) < 4.78 is 40.6. The van der Waals surface area contributed by atoms with Crippen LogP contribution in [0.15, 0.2) is 24.3 Å². The van der Waals surface area contributed by atoms with E-state index in [1.807, 2.05) is 0 Å². The number of rotatable bonds is 36. The van der Waals surface area contributed by atoms with Crippen LogP contribution in [0.1, 0.15) is 196 Å². The van der Waals surface area contributed by atoms with Gasteiger partial charge in [-0.05, 0) is 79.3 Å². The predicted octanol–water partition coefficient (Wildman–Crippen LogP) is 16.2. The highest BCUT2D eigenvalue weighted by atomic mass is 16.5. The lowest BCUT2D eigenvalue weighted by Gasteiger charge is -2.20. The minimum absolute atomic E-state index is 0.648. The molecule has 0 bridgehead atoms. The van der Waals surface area contributed by atoms with Crippen LogP contribution in [-0.2, 0) is 0 Å². The zero-order chi connectivity index (χ0) is 41.2. The number of hydrogen-bond acceptors (Lipinski definition) is 6. The molecule has 1 aliphatic rings. The van der Waals surface area contributed by atoms with Crippen molar-refractivity contribution in [2.45, 2.75) is 196 Å². The maximum absolute atomic E-state index is 6.91. The van der Waals surface area contributed by atoms with Gasteiger partial charge in [-0.1, -0.05) is 157 Å². The van der Waals surface area contributed by atoms with Gasteiger partial charge in [-0.25, -0.2) is 0 Å². The third kappa shape index (κ3) is 14.5. The zero-order valence-corrected chi connectivity index (χ0v) is 38.0. The Labute approximate surface area is 354 Å². The molecule has 0 unspecified atom stereocenters. The van der Waals surface area contributed by atoms with E-state index in [2.05, 4.69) is 65.8 Å². The fourth-order valence-electron chi connectivity index (χ4n) is 7.95. The molecule has 0 spiro atoms. The van der Waals surface area contributed by atoms with Gasteiger partial charge in [-0.2, -0.15) is 0 Å². The molecular formula is C52H82O6. The fourth-order valence-corrected chi connectivity index (χ4v) is 7.95. The molecule has 4 rings (SSSR count). The van der Waals surface area contributed by atoms with E-state index in [-0.39, 0.29) is 0 Å². The quantitative estimate of drug-likeness (QED) is 0.0427.